The molecular weight excluding hydrogens is 240 g/mol. The lowest BCUT2D eigenvalue weighted by Crippen LogP contribution is -2.07. The van der Waals surface area contributed by atoms with Crippen molar-refractivity contribution in [1.82, 2.24) is 9.97 Å². The first-order valence-corrected chi connectivity index (χ1v) is 6.60. The van der Waals surface area contributed by atoms with Gasteiger partial charge in [0.2, 0.25) is 0 Å². The first-order valence-electron chi connectivity index (χ1n) is 5.38. The minimum atomic E-state index is -0.0738. The van der Waals surface area contributed by atoms with Gasteiger partial charge in [0.05, 0.1) is 5.39 Å². The zero-order valence-corrected chi connectivity index (χ0v) is 11.0. The van der Waals surface area contributed by atoms with Crippen molar-refractivity contribution in [3.8, 4) is 0 Å². The van der Waals surface area contributed by atoms with Crippen LogP contribution >= 0.6 is 23.6 Å². The molecule has 0 radical (unpaired) electrons. The van der Waals surface area contributed by atoms with Crippen LogP contribution in [0.5, 0.6) is 0 Å². The molecule has 0 amide bonds. The van der Waals surface area contributed by atoms with Gasteiger partial charge in [0.15, 0.2) is 4.77 Å². The molecule has 0 aromatic carbocycles. The smallest absolute Gasteiger partial charge is 0.260 e. The molecule has 2 heterocycles. The molecule has 0 spiro atoms. The minimum absolute atomic E-state index is 0.0738. The Morgan fingerprint density at radius 3 is 2.81 bits per heavy atom. The van der Waals surface area contributed by atoms with Crippen LogP contribution < -0.4 is 5.56 Å². The van der Waals surface area contributed by atoms with Crippen molar-refractivity contribution in [3.63, 3.8) is 0 Å². The summed E-state index contributed by atoms with van der Waals surface area (Å²) in [6.45, 7) is 4.18. The largest absolute Gasteiger partial charge is 0.323 e. The van der Waals surface area contributed by atoms with Crippen molar-refractivity contribution < 1.29 is 0 Å². The molecule has 0 bridgehead atoms. The maximum absolute atomic E-state index is 11.8. The van der Waals surface area contributed by atoms with E-state index >= 15 is 0 Å². The monoisotopic (exact) mass is 254 g/mol. The lowest BCUT2D eigenvalue weighted by molar-refractivity contribution is 0.801. The van der Waals surface area contributed by atoms with Gasteiger partial charge < -0.3 is 4.98 Å². The fourth-order valence-corrected chi connectivity index (χ4v) is 3.31. The number of hydrogen-bond acceptors (Lipinski definition) is 3. The molecule has 2 rings (SSSR count). The maximum atomic E-state index is 11.8. The number of unbranched alkanes of at least 4 members (excludes halogenated alkanes) is 1. The van der Waals surface area contributed by atoms with Crippen molar-refractivity contribution >= 4 is 33.8 Å². The molecule has 2 N–H and O–H groups in total. The fourth-order valence-electron chi connectivity index (χ4n) is 1.80. The van der Waals surface area contributed by atoms with Gasteiger partial charge in [-0.05, 0) is 37.5 Å². The average Bonchev–Trinajstić information content (AvgIpc) is 2.52. The average molecular weight is 254 g/mol. The predicted molar refractivity (Wildman–Crippen MR) is 71.0 cm³/mol. The van der Waals surface area contributed by atoms with Crippen LogP contribution in [0.15, 0.2) is 4.79 Å². The lowest BCUT2D eigenvalue weighted by Gasteiger charge is -1.95. The highest BCUT2D eigenvalue weighted by Crippen LogP contribution is 2.27. The Labute approximate surface area is 103 Å². The third-order valence-electron chi connectivity index (χ3n) is 2.68. The molecule has 16 heavy (non-hydrogen) atoms. The van der Waals surface area contributed by atoms with E-state index in [4.69, 9.17) is 12.2 Å². The molecule has 86 valence electrons. The zero-order valence-electron chi connectivity index (χ0n) is 9.35. The molecule has 0 saturated carbocycles. The summed E-state index contributed by atoms with van der Waals surface area (Å²) in [7, 11) is 0. The Hall–Kier alpha value is -0.940. The van der Waals surface area contributed by atoms with E-state index in [2.05, 4.69) is 16.9 Å². The van der Waals surface area contributed by atoms with Crippen LogP contribution in [-0.2, 0) is 6.42 Å². The van der Waals surface area contributed by atoms with Crippen molar-refractivity contribution in [2.75, 3.05) is 0 Å². The molecule has 0 aliphatic rings. The van der Waals surface area contributed by atoms with Crippen LogP contribution in [0, 0.1) is 11.7 Å². The van der Waals surface area contributed by atoms with Gasteiger partial charge in [-0.2, -0.15) is 0 Å². The van der Waals surface area contributed by atoms with Gasteiger partial charge in [-0.1, -0.05) is 13.3 Å². The van der Waals surface area contributed by atoms with Crippen LogP contribution in [0.4, 0.5) is 0 Å². The van der Waals surface area contributed by atoms with Crippen LogP contribution in [0.1, 0.15) is 30.2 Å². The summed E-state index contributed by atoms with van der Waals surface area (Å²) < 4.78 is 0.404. The van der Waals surface area contributed by atoms with E-state index in [9.17, 15) is 4.79 Å². The van der Waals surface area contributed by atoms with E-state index < -0.39 is 0 Å². The number of nitrogens with one attached hydrogen (secondary N) is 2. The normalized spacial score (nSPS) is 11.1. The van der Waals surface area contributed by atoms with Gasteiger partial charge in [0.25, 0.3) is 5.56 Å². The summed E-state index contributed by atoms with van der Waals surface area (Å²) in [5, 5.41) is 0.768. The SMILES string of the molecule is CCCCc1sc2[nH]c(=S)[nH]c(=O)c2c1C. The van der Waals surface area contributed by atoms with Gasteiger partial charge in [0, 0.05) is 4.88 Å². The predicted octanol–water partition coefficient (Wildman–Crippen LogP) is 3.30. The number of fused-ring (bicyclic) bond motifs is 1. The first-order chi connectivity index (χ1) is 7.63. The summed E-state index contributed by atoms with van der Waals surface area (Å²) in [5.74, 6) is 0. The van der Waals surface area contributed by atoms with Gasteiger partial charge in [-0.3, -0.25) is 9.78 Å². The highest BCUT2D eigenvalue weighted by atomic mass is 32.1. The second kappa shape index (κ2) is 4.51. The van der Waals surface area contributed by atoms with Crippen LogP contribution in [0.25, 0.3) is 10.2 Å². The number of aromatic nitrogens is 2. The Morgan fingerprint density at radius 1 is 1.38 bits per heavy atom. The van der Waals surface area contributed by atoms with Crippen molar-refractivity contribution in [2.45, 2.75) is 33.1 Å². The van der Waals surface area contributed by atoms with E-state index in [0.717, 1.165) is 28.6 Å². The quantitative estimate of drug-likeness (QED) is 0.826. The van der Waals surface area contributed by atoms with E-state index in [1.165, 1.54) is 11.3 Å². The summed E-state index contributed by atoms with van der Waals surface area (Å²) in [4.78, 5) is 19.6. The molecule has 0 saturated heterocycles. The molecular formula is C11H14N2OS2. The first kappa shape index (κ1) is 11.5. The van der Waals surface area contributed by atoms with Crippen molar-refractivity contribution in [3.05, 3.63) is 25.6 Å². The number of aryl methyl sites for hydroxylation is 2. The number of hydrogen-bond donors (Lipinski definition) is 2. The van der Waals surface area contributed by atoms with E-state index in [-0.39, 0.29) is 5.56 Å². The number of aromatic amines is 2. The van der Waals surface area contributed by atoms with E-state index in [1.54, 1.807) is 11.3 Å². The Kier molecular flexibility index (Phi) is 3.25. The molecule has 2 aromatic rings. The Balaban J connectivity index is 2.63. The number of thiophene rings is 1. The molecule has 0 atom stereocenters. The van der Waals surface area contributed by atoms with Crippen molar-refractivity contribution in [2.24, 2.45) is 0 Å². The lowest BCUT2D eigenvalue weighted by atomic mass is 10.1. The van der Waals surface area contributed by atoms with Crippen LogP contribution in [0.2, 0.25) is 0 Å². The van der Waals surface area contributed by atoms with Gasteiger partial charge >= 0.3 is 0 Å². The molecule has 0 fully saturated rings. The fraction of sp³-hybridized carbons (Fsp3) is 0.455. The molecule has 2 aromatic heterocycles. The van der Waals surface area contributed by atoms with Crippen LogP contribution in [-0.4, -0.2) is 9.97 Å². The van der Waals surface area contributed by atoms with Gasteiger partial charge in [0.1, 0.15) is 4.83 Å². The third-order valence-corrected chi connectivity index (χ3v) is 4.16. The van der Waals surface area contributed by atoms with Gasteiger partial charge in [-0.15, -0.1) is 11.3 Å². The van der Waals surface area contributed by atoms with Crippen molar-refractivity contribution in [1.29, 1.82) is 0 Å². The van der Waals surface area contributed by atoms with E-state index in [0.29, 0.717) is 4.77 Å². The maximum Gasteiger partial charge on any atom is 0.260 e. The highest BCUT2D eigenvalue weighted by molar-refractivity contribution is 7.71. The standard InChI is InChI=1S/C11H14N2OS2/c1-3-4-5-7-6(2)8-9(14)12-11(15)13-10(8)16-7/h3-5H2,1-2H3,(H2,12,13,14,15). The summed E-state index contributed by atoms with van der Waals surface area (Å²) in [6, 6.07) is 0. The molecule has 5 heteroatoms. The molecule has 3 nitrogen and oxygen atoms in total. The number of H-pyrrole nitrogens is 2. The van der Waals surface area contributed by atoms with Crippen LogP contribution in [0.3, 0.4) is 0 Å². The molecule has 0 aliphatic carbocycles. The Bertz CT molecular complexity index is 621. The Morgan fingerprint density at radius 2 is 2.12 bits per heavy atom. The second-order valence-electron chi connectivity index (χ2n) is 3.87. The number of rotatable bonds is 3. The van der Waals surface area contributed by atoms with E-state index in [1.807, 2.05) is 6.92 Å². The molecule has 0 unspecified atom stereocenters. The topological polar surface area (TPSA) is 48.6 Å². The summed E-state index contributed by atoms with van der Waals surface area (Å²) >= 11 is 6.61. The highest BCUT2D eigenvalue weighted by Gasteiger charge is 2.11. The third kappa shape index (κ3) is 1.97. The summed E-state index contributed by atoms with van der Waals surface area (Å²) in [5.41, 5.74) is 1.02. The molecule has 0 aliphatic heterocycles. The second-order valence-corrected chi connectivity index (χ2v) is 5.38. The van der Waals surface area contributed by atoms with Gasteiger partial charge in [-0.25, -0.2) is 0 Å². The minimum Gasteiger partial charge on any atom is -0.323 e. The zero-order chi connectivity index (χ0) is 11.7. The summed E-state index contributed by atoms with van der Waals surface area (Å²) in [6.07, 6.45) is 3.37.